The first kappa shape index (κ1) is 17.6. The molecule has 25 heavy (non-hydrogen) atoms. The Labute approximate surface area is 147 Å². The van der Waals surface area contributed by atoms with Crippen LogP contribution in [0, 0.1) is 0 Å². The zero-order valence-corrected chi connectivity index (χ0v) is 14.2. The third-order valence-electron chi connectivity index (χ3n) is 4.59. The number of fused-ring (bicyclic) bond motifs is 1. The number of imide groups is 1. The number of hydrogen-bond donors (Lipinski definition) is 0. The van der Waals surface area contributed by atoms with E-state index >= 15 is 0 Å². The minimum Gasteiger partial charge on any atom is -0.464 e. The van der Waals surface area contributed by atoms with Gasteiger partial charge < -0.3 is 9.47 Å². The number of hydrogen-bond acceptors (Lipinski definition) is 5. The van der Waals surface area contributed by atoms with Crippen molar-refractivity contribution in [3.05, 3.63) is 35.4 Å². The number of ether oxygens (including phenoxy) is 2. The lowest BCUT2D eigenvalue weighted by atomic mass is 10.1. The second kappa shape index (κ2) is 8.25. The van der Waals surface area contributed by atoms with Gasteiger partial charge in [-0.1, -0.05) is 18.6 Å². The fourth-order valence-electron chi connectivity index (χ4n) is 3.20. The fraction of sp³-hybridized carbons (Fsp3) is 0.526. The number of rotatable bonds is 8. The number of benzene rings is 1. The van der Waals surface area contributed by atoms with Gasteiger partial charge in [0.15, 0.2) is 6.10 Å². The van der Waals surface area contributed by atoms with Crippen LogP contribution >= 0.6 is 0 Å². The highest BCUT2D eigenvalue weighted by molar-refractivity contribution is 6.21. The first-order valence-electron chi connectivity index (χ1n) is 8.92. The third kappa shape index (κ3) is 4.07. The molecule has 1 saturated heterocycles. The summed E-state index contributed by atoms with van der Waals surface area (Å²) in [6.07, 6.45) is 4.59. The molecule has 0 bridgehead atoms. The predicted octanol–water partition coefficient (Wildman–Crippen LogP) is 2.57. The van der Waals surface area contributed by atoms with Crippen LogP contribution in [0.25, 0.3) is 0 Å². The number of nitrogens with zero attached hydrogens (tertiary/aromatic N) is 1. The van der Waals surface area contributed by atoms with Crippen LogP contribution in [0.1, 0.15) is 59.2 Å². The summed E-state index contributed by atoms with van der Waals surface area (Å²) in [5.74, 6) is -0.666. The Morgan fingerprint density at radius 2 is 1.76 bits per heavy atom. The molecule has 0 aromatic heterocycles. The van der Waals surface area contributed by atoms with Gasteiger partial charge in [0.05, 0.1) is 17.7 Å². The van der Waals surface area contributed by atoms with Gasteiger partial charge in [-0.2, -0.15) is 0 Å². The maximum absolute atomic E-state index is 12.2. The van der Waals surface area contributed by atoms with E-state index in [2.05, 4.69) is 0 Å². The van der Waals surface area contributed by atoms with Crippen molar-refractivity contribution < 1.29 is 23.9 Å². The largest absolute Gasteiger partial charge is 0.464 e. The second-order valence-electron chi connectivity index (χ2n) is 6.39. The van der Waals surface area contributed by atoms with Crippen LogP contribution in [0.5, 0.6) is 0 Å². The van der Waals surface area contributed by atoms with E-state index in [0.717, 1.165) is 38.5 Å². The summed E-state index contributed by atoms with van der Waals surface area (Å²) >= 11 is 0. The highest BCUT2D eigenvalue weighted by Gasteiger charge is 2.34. The summed E-state index contributed by atoms with van der Waals surface area (Å²) < 4.78 is 10.5. The molecule has 2 aliphatic heterocycles. The van der Waals surface area contributed by atoms with Crippen LogP contribution in [-0.2, 0) is 14.3 Å². The smallest absolute Gasteiger partial charge is 0.335 e. The van der Waals surface area contributed by atoms with E-state index in [1.165, 1.54) is 4.90 Å². The molecule has 0 saturated carbocycles. The van der Waals surface area contributed by atoms with E-state index in [1.807, 2.05) is 0 Å². The zero-order valence-electron chi connectivity index (χ0n) is 14.2. The third-order valence-corrected chi connectivity index (χ3v) is 4.59. The molecule has 6 nitrogen and oxygen atoms in total. The quantitative estimate of drug-likeness (QED) is 0.411. The van der Waals surface area contributed by atoms with E-state index in [0.29, 0.717) is 30.9 Å². The van der Waals surface area contributed by atoms with Crippen LogP contribution in [0.3, 0.4) is 0 Å². The van der Waals surface area contributed by atoms with E-state index in [1.54, 1.807) is 24.3 Å². The summed E-state index contributed by atoms with van der Waals surface area (Å²) in [4.78, 5) is 37.4. The van der Waals surface area contributed by atoms with Crippen LogP contribution in [-0.4, -0.2) is 48.5 Å². The zero-order chi connectivity index (χ0) is 17.6. The van der Waals surface area contributed by atoms with Crippen molar-refractivity contribution in [1.29, 1.82) is 0 Å². The Hall–Kier alpha value is -2.21. The minimum absolute atomic E-state index is 0.203. The number of carbonyl (C=O) groups excluding carboxylic acids is 3. The molecule has 0 spiro atoms. The Balaban J connectivity index is 1.30. The maximum Gasteiger partial charge on any atom is 0.335 e. The molecule has 2 aliphatic rings. The average Bonchev–Trinajstić information content (AvgIpc) is 3.24. The van der Waals surface area contributed by atoms with E-state index in [9.17, 15) is 14.4 Å². The van der Waals surface area contributed by atoms with Crippen molar-refractivity contribution >= 4 is 17.8 Å². The number of amides is 2. The maximum atomic E-state index is 12.2. The van der Waals surface area contributed by atoms with Crippen molar-refractivity contribution in [2.75, 3.05) is 19.8 Å². The van der Waals surface area contributed by atoms with Gasteiger partial charge in [0, 0.05) is 13.2 Å². The lowest BCUT2D eigenvalue weighted by Gasteiger charge is -2.13. The number of esters is 1. The normalized spacial score (nSPS) is 19.4. The molecule has 6 heteroatoms. The number of carbonyl (C=O) groups is 3. The summed E-state index contributed by atoms with van der Waals surface area (Å²) in [5, 5.41) is 0. The molecule has 134 valence electrons. The highest BCUT2D eigenvalue weighted by atomic mass is 16.6. The molecular weight excluding hydrogens is 322 g/mol. The standard InChI is InChI=1S/C19H23NO5/c21-17-14-8-3-4-9-15(14)18(22)20(17)11-5-1-2-6-12-25-19(23)16-10-7-13-24-16/h3-4,8-9,16H,1-2,5-7,10-13H2/t16-/m0/s1. The summed E-state index contributed by atoms with van der Waals surface area (Å²) in [5.41, 5.74) is 0.988. The first-order chi connectivity index (χ1) is 12.2. The van der Waals surface area contributed by atoms with Crippen molar-refractivity contribution in [3.63, 3.8) is 0 Å². The molecule has 3 rings (SSSR count). The molecule has 1 fully saturated rings. The summed E-state index contributed by atoms with van der Waals surface area (Å²) in [6, 6.07) is 6.92. The Morgan fingerprint density at radius 1 is 1.08 bits per heavy atom. The molecule has 2 amide bonds. The molecule has 1 aromatic carbocycles. The Bertz CT molecular complexity index is 616. The van der Waals surface area contributed by atoms with Crippen LogP contribution < -0.4 is 0 Å². The highest BCUT2D eigenvalue weighted by Crippen LogP contribution is 2.22. The van der Waals surface area contributed by atoms with E-state index in [4.69, 9.17) is 9.47 Å². The van der Waals surface area contributed by atoms with Gasteiger partial charge in [-0.3, -0.25) is 14.5 Å². The second-order valence-corrected chi connectivity index (χ2v) is 6.39. The monoisotopic (exact) mass is 345 g/mol. The molecule has 1 atom stereocenters. The minimum atomic E-state index is -0.381. The average molecular weight is 345 g/mol. The summed E-state index contributed by atoms with van der Waals surface area (Å²) in [7, 11) is 0. The predicted molar refractivity (Wildman–Crippen MR) is 90.2 cm³/mol. The van der Waals surface area contributed by atoms with Gasteiger partial charge in [0.2, 0.25) is 0 Å². The van der Waals surface area contributed by atoms with Crippen molar-refractivity contribution in [1.82, 2.24) is 4.90 Å². The van der Waals surface area contributed by atoms with E-state index < -0.39 is 0 Å². The fourth-order valence-corrected chi connectivity index (χ4v) is 3.20. The molecule has 0 N–H and O–H groups in total. The summed E-state index contributed by atoms with van der Waals surface area (Å²) in [6.45, 7) is 1.46. The van der Waals surface area contributed by atoms with Gasteiger partial charge in [0.25, 0.3) is 11.8 Å². The van der Waals surface area contributed by atoms with Crippen molar-refractivity contribution in [2.24, 2.45) is 0 Å². The molecular formula is C19H23NO5. The van der Waals surface area contributed by atoms with Gasteiger partial charge >= 0.3 is 5.97 Å². The molecule has 0 radical (unpaired) electrons. The van der Waals surface area contributed by atoms with Crippen molar-refractivity contribution in [3.8, 4) is 0 Å². The molecule has 1 aromatic rings. The van der Waals surface area contributed by atoms with Gasteiger partial charge in [-0.15, -0.1) is 0 Å². The van der Waals surface area contributed by atoms with Gasteiger partial charge in [-0.25, -0.2) is 4.79 Å². The number of unbranched alkanes of at least 4 members (excludes halogenated alkanes) is 3. The lowest BCUT2D eigenvalue weighted by Crippen LogP contribution is -2.30. The van der Waals surface area contributed by atoms with Crippen LogP contribution in [0.4, 0.5) is 0 Å². The van der Waals surface area contributed by atoms with Crippen molar-refractivity contribution in [2.45, 2.75) is 44.6 Å². The SMILES string of the molecule is O=C(OCCCCCCN1C(=O)c2ccccc2C1=O)[C@@H]1CCCO1. The van der Waals surface area contributed by atoms with Gasteiger partial charge in [-0.05, 0) is 44.2 Å². The molecule has 0 aliphatic carbocycles. The van der Waals surface area contributed by atoms with Crippen LogP contribution in [0.15, 0.2) is 24.3 Å². The molecule has 0 unspecified atom stereocenters. The lowest BCUT2D eigenvalue weighted by molar-refractivity contribution is -0.154. The Morgan fingerprint density at radius 3 is 2.40 bits per heavy atom. The Kier molecular flexibility index (Phi) is 5.81. The van der Waals surface area contributed by atoms with E-state index in [-0.39, 0.29) is 23.9 Å². The first-order valence-corrected chi connectivity index (χ1v) is 8.92. The topological polar surface area (TPSA) is 72.9 Å². The molecule has 2 heterocycles. The van der Waals surface area contributed by atoms with Gasteiger partial charge in [0.1, 0.15) is 0 Å². The van der Waals surface area contributed by atoms with Crippen LogP contribution in [0.2, 0.25) is 0 Å².